The first-order valence-corrected chi connectivity index (χ1v) is 13.0. The molecule has 0 bridgehead atoms. The highest BCUT2D eigenvalue weighted by atomic mass is 32.2. The van der Waals surface area contributed by atoms with E-state index in [9.17, 15) is 21.6 Å². The molecule has 0 aliphatic rings. The lowest BCUT2D eigenvalue weighted by Crippen LogP contribution is -2.30. The molecule has 174 valence electrons. The fourth-order valence-electron chi connectivity index (χ4n) is 3.28. The second kappa shape index (κ2) is 9.34. The summed E-state index contributed by atoms with van der Waals surface area (Å²) in [6.07, 6.45) is 0. The molecule has 0 saturated carbocycles. The highest BCUT2D eigenvalue weighted by molar-refractivity contribution is 7.92. The molecule has 0 radical (unpaired) electrons. The molecule has 0 aliphatic carbocycles. The molecule has 0 spiro atoms. The second-order valence-electron chi connectivity index (χ2n) is 7.55. The van der Waals surface area contributed by atoms with Crippen molar-refractivity contribution in [1.82, 2.24) is 4.90 Å². The van der Waals surface area contributed by atoms with Crippen molar-refractivity contribution in [3.05, 3.63) is 90.0 Å². The summed E-state index contributed by atoms with van der Waals surface area (Å²) >= 11 is 0. The number of primary sulfonamides is 1. The van der Waals surface area contributed by atoms with Crippen LogP contribution in [0.3, 0.4) is 0 Å². The van der Waals surface area contributed by atoms with Gasteiger partial charge in [0.2, 0.25) is 10.0 Å². The first kappa shape index (κ1) is 24.4. The number of benzene rings is 3. The number of sulfonamides is 2. The quantitative estimate of drug-likeness (QED) is 0.550. The molecule has 1 unspecified atom stereocenters. The first-order chi connectivity index (χ1) is 15.4. The number of hydrogen-bond acceptors (Lipinski definition) is 5. The van der Waals surface area contributed by atoms with Crippen LogP contribution in [0.1, 0.15) is 28.9 Å². The lowest BCUT2D eigenvalue weighted by Gasteiger charge is -2.26. The molecular weight excluding hydrogens is 462 g/mol. The minimum Gasteiger partial charge on any atom is -0.335 e. The Bertz CT molecular complexity index is 1370. The Hall–Kier alpha value is -3.21. The van der Waals surface area contributed by atoms with E-state index in [4.69, 9.17) is 5.14 Å². The number of carbonyl (C=O) groups is 1. The van der Waals surface area contributed by atoms with Gasteiger partial charge in [-0.2, -0.15) is 0 Å². The third-order valence-electron chi connectivity index (χ3n) is 5.43. The standard InChI is InChI=1S/C23H25N3O5S2/c1-17(18-9-7-13-21(15-18)32(24,28)29)25(2)23(27)19-10-8-14-22(16-19)33(30,31)26(3)20-11-5-4-6-12-20/h4-17H,1-3H3,(H2,24,28,29). The maximum Gasteiger partial charge on any atom is 0.264 e. The van der Waals surface area contributed by atoms with Gasteiger partial charge in [0.15, 0.2) is 0 Å². The Kier molecular flexibility index (Phi) is 6.92. The number of amides is 1. The summed E-state index contributed by atoms with van der Waals surface area (Å²) in [5.41, 5.74) is 1.26. The highest BCUT2D eigenvalue weighted by Gasteiger charge is 2.25. The van der Waals surface area contributed by atoms with Gasteiger partial charge < -0.3 is 4.90 Å². The van der Waals surface area contributed by atoms with Crippen LogP contribution in [0.2, 0.25) is 0 Å². The number of anilines is 1. The van der Waals surface area contributed by atoms with Gasteiger partial charge in [0.25, 0.3) is 15.9 Å². The van der Waals surface area contributed by atoms with Crippen molar-refractivity contribution in [1.29, 1.82) is 0 Å². The van der Waals surface area contributed by atoms with Crippen molar-refractivity contribution in [2.75, 3.05) is 18.4 Å². The molecule has 3 aromatic carbocycles. The molecule has 3 rings (SSSR count). The van der Waals surface area contributed by atoms with Crippen molar-refractivity contribution in [2.45, 2.75) is 22.8 Å². The van der Waals surface area contributed by atoms with Gasteiger partial charge in [-0.05, 0) is 55.0 Å². The molecule has 0 heterocycles. The third kappa shape index (κ3) is 5.24. The van der Waals surface area contributed by atoms with Crippen LogP contribution in [0, 0.1) is 0 Å². The minimum atomic E-state index is -3.89. The van der Waals surface area contributed by atoms with E-state index in [2.05, 4.69) is 0 Å². The highest BCUT2D eigenvalue weighted by Crippen LogP contribution is 2.25. The summed E-state index contributed by atoms with van der Waals surface area (Å²) in [6.45, 7) is 1.74. The monoisotopic (exact) mass is 487 g/mol. The van der Waals surface area contributed by atoms with E-state index < -0.39 is 32.0 Å². The van der Waals surface area contributed by atoms with Gasteiger partial charge in [-0.25, -0.2) is 22.0 Å². The summed E-state index contributed by atoms with van der Waals surface area (Å²) in [5.74, 6) is -0.414. The molecule has 0 aliphatic heterocycles. The lowest BCUT2D eigenvalue weighted by molar-refractivity contribution is 0.0742. The molecule has 0 fully saturated rings. The van der Waals surface area contributed by atoms with Crippen LogP contribution in [0.5, 0.6) is 0 Å². The van der Waals surface area contributed by atoms with E-state index in [1.54, 1.807) is 56.4 Å². The smallest absolute Gasteiger partial charge is 0.264 e. The second-order valence-corrected chi connectivity index (χ2v) is 11.1. The van der Waals surface area contributed by atoms with Crippen molar-refractivity contribution >= 4 is 31.6 Å². The molecule has 33 heavy (non-hydrogen) atoms. The van der Waals surface area contributed by atoms with Gasteiger partial charge in [0, 0.05) is 19.7 Å². The Balaban J connectivity index is 1.89. The third-order valence-corrected chi connectivity index (χ3v) is 8.12. The minimum absolute atomic E-state index is 0.0167. The van der Waals surface area contributed by atoms with Gasteiger partial charge in [0.05, 0.1) is 21.5 Å². The van der Waals surface area contributed by atoms with Crippen LogP contribution >= 0.6 is 0 Å². The molecule has 2 N–H and O–H groups in total. The van der Waals surface area contributed by atoms with Crippen LogP contribution in [0.15, 0.2) is 88.7 Å². The molecule has 3 aromatic rings. The summed E-state index contributed by atoms with van der Waals surface area (Å²) in [4.78, 5) is 14.5. The zero-order valence-corrected chi connectivity index (χ0v) is 20.0. The first-order valence-electron chi connectivity index (χ1n) is 9.97. The number of para-hydroxylation sites is 1. The maximum absolute atomic E-state index is 13.1. The van der Waals surface area contributed by atoms with E-state index in [1.807, 2.05) is 0 Å². The number of nitrogens with zero attached hydrogens (tertiary/aromatic N) is 2. The fraction of sp³-hybridized carbons (Fsp3) is 0.174. The maximum atomic E-state index is 13.1. The van der Waals surface area contributed by atoms with E-state index in [0.29, 0.717) is 11.3 Å². The van der Waals surface area contributed by atoms with Crippen LogP contribution in [-0.2, 0) is 20.0 Å². The van der Waals surface area contributed by atoms with Gasteiger partial charge in [-0.15, -0.1) is 0 Å². The average Bonchev–Trinajstić information content (AvgIpc) is 2.82. The summed E-state index contributed by atoms with van der Waals surface area (Å²) < 4.78 is 50.7. The molecule has 8 nitrogen and oxygen atoms in total. The number of hydrogen-bond donors (Lipinski definition) is 1. The van der Waals surface area contributed by atoms with Crippen molar-refractivity contribution in [2.24, 2.45) is 5.14 Å². The topological polar surface area (TPSA) is 118 Å². The predicted octanol–water partition coefficient (Wildman–Crippen LogP) is 2.99. The zero-order valence-electron chi connectivity index (χ0n) is 18.4. The predicted molar refractivity (Wildman–Crippen MR) is 127 cm³/mol. The summed E-state index contributed by atoms with van der Waals surface area (Å²) in [7, 11) is -4.76. The van der Waals surface area contributed by atoms with E-state index >= 15 is 0 Å². The fourth-order valence-corrected chi connectivity index (χ4v) is 5.09. The SMILES string of the molecule is CC(c1cccc(S(N)(=O)=O)c1)N(C)C(=O)c1cccc(S(=O)(=O)N(C)c2ccccc2)c1. The largest absolute Gasteiger partial charge is 0.335 e. The Labute approximate surface area is 194 Å². The molecule has 1 atom stereocenters. The van der Waals surface area contributed by atoms with Crippen LogP contribution in [-0.4, -0.2) is 41.7 Å². The average molecular weight is 488 g/mol. The Morgan fingerprint density at radius 1 is 0.818 bits per heavy atom. The van der Waals surface area contributed by atoms with Gasteiger partial charge in [-0.3, -0.25) is 9.10 Å². The van der Waals surface area contributed by atoms with Crippen molar-refractivity contribution in [3.8, 4) is 0 Å². The number of rotatable bonds is 7. The Morgan fingerprint density at radius 3 is 2.06 bits per heavy atom. The molecule has 1 amide bonds. The Morgan fingerprint density at radius 2 is 1.42 bits per heavy atom. The van der Waals surface area contributed by atoms with E-state index in [-0.39, 0.29) is 15.4 Å². The van der Waals surface area contributed by atoms with Gasteiger partial charge >= 0.3 is 0 Å². The number of carbonyl (C=O) groups excluding carboxylic acids is 1. The van der Waals surface area contributed by atoms with Crippen LogP contribution in [0.4, 0.5) is 5.69 Å². The summed E-state index contributed by atoms with van der Waals surface area (Å²) in [5, 5.41) is 5.21. The van der Waals surface area contributed by atoms with E-state index in [1.165, 1.54) is 48.3 Å². The van der Waals surface area contributed by atoms with Crippen LogP contribution in [0.25, 0.3) is 0 Å². The number of nitrogens with two attached hydrogens (primary N) is 1. The zero-order chi connectivity index (χ0) is 24.4. The van der Waals surface area contributed by atoms with Crippen molar-refractivity contribution < 1.29 is 21.6 Å². The molecular formula is C23H25N3O5S2. The van der Waals surface area contributed by atoms with Gasteiger partial charge in [-0.1, -0.05) is 36.4 Å². The molecule has 10 heteroatoms. The van der Waals surface area contributed by atoms with Crippen molar-refractivity contribution in [3.63, 3.8) is 0 Å². The van der Waals surface area contributed by atoms with Crippen LogP contribution < -0.4 is 9.44 Å². The van der Waals surface area contributed by atoms with Gasteiger partial charge in [0.1, 0.15) is 0 Å². The molecule has 0 saturated heterocycles. The molecule has 0 aromatic heterocycles. The van der Waals surface area contributed by atoms with E-state index in [0.717, 1.165) is 4.31 Å². The lowest BCUT2D eigenvalue weighted by atomic mass is 10.1. The summed E-state index contributed by atoms with van der Waals surface area (Å²) in [6, 6.07) is 20.0. The normalized spacial score (nSPS) is 12.7.